The highest BCUT2D eigenvalue weighted by Gasteiger charge is 2.30. The lowest BCUT2D eigenvalue weighted by Crippen LogP contribution is -2.17. The molecule has 0 saturated heterocycles. The molecule has 3 rings (SSSR count). The van der Waals surface area contributed by atoms with Crippen molar-refractivity contribution in [2.24, 2.45) is 10.3 Å². The molecule has 2 aliphatic rings. The Labute approximate surface area is 103 Å². The van der Waals surface area contributed by atoms with E-state index >= 15 is 0 Å². The molecule has 0 unspecified atom stereocenters. The predicted octanol–water partition coefficient (Wildman–Crippen LogP) is 2.78. The van der Waals surface area contributed by atoms with Crippen molar-refractivity contribution in [3.63, 3.8) is 0 Å². The molecule has 5 heteroatoms. The number of aryl methyl sites for hydroxylation is 2. The molecule has 0 bridgehead atoms. The highest BCUT2D eigenvalue weighted by molar-refractivity contribution is 7.12. The molecule has 4 nitrogen and oxygen atoms in total. The second-order valence-corrected chi connectivity index (χ2v) is 5.69. The van der Waals surface area contributed by atoms with E-state index in [1.807, 2.05) is 0 Å². The summed E-state index contributed by atoms with van der Waals surface area (Å²) >= 11 is 1.79. The second kappa shape index (κ2) is 4.14. The van der Waals surface area contributed by atoms with Crippen LogP contribution in [0.5, 0.6) is 0 Å². The molecule has 90 valence electrons. The van der Waals surface area contributed by atoms with Crippen molar-refractivity contribution in [3.8, 4) is 0 Å². The van der Waals surface area contributed by atoms with Gasteiger partial charge in [0.05, 0.1) is 11.4 Å². The molecular formula is C12H14N2O2S. The Morgan fingerprint density at radius 3 is 1.65 bits per heavy atom. The van der Waals surface area contributed by atoms with Gasteiger partial charge in [-0.3, -0.25) is 0 Å². The first kappa shape index (κ1) is 10.8. The van der Waals surface area contributed by atoms with Crippen LogP contribution in [0.3, 0.4) is 0 Å². The average Bonchev–Trinajstić information content (AvgIpc) is 2.76. The van der Waals surface area contributed by atoms with Crippen LogP contribution in [0, 0.1) is 0 Å². The van der Waals surface area contributed by atoms with Crippen LogP contribution in [0.1, 0.15) is 46.6 Å². The van der Waals surface area contributed by atoms with Gasteiger partial charge in [-0.2, -0.15) is 0 Å². The van der Waals surface area contributed by atoms with E-state index in [-0.39, 0.29) is 0 Å². The maximum absolute atomic E-state index is 9.11. The van der Waals surface area contributed by atoms with Crippen LogP contribution in [0.15, 0.2) is 10.3 Å². The summed E-state index contributed by atoms with van der Waals surface area (Å²) < 4.78 is 0. The number of rotatable bonds is 0. The summed E-state index contributed by atoms with van der Waals surface area (Å²) in [5.74, 6) is 0. The molecule has 2 aliphatic carbocycles. The number of hydrogen-bond acceptors (Lipinski definition) is 5. The van der Waals surface area contributed by atoms with Gasteiger partial charge in [0, 0.05) is 20.9 Å². The highest BCUT2D eigenvalue weighted by atomic mass is 32.1. The van der Waals surface area contributed by atoms with E-state index < -0.39 is 0 Å². The molecule has 1 aromatic heterocycles. The zero-order valence-electron chi connectivity index (χ0n) is 9.44. The van der Waals surface area contributed by atoms with Gasteiger partial charge in [-0.25, -0.2) is 0 Å². The van der Waals surface area contributed by atoms with Crippen LogP contribution in [0.4, 0.5) is 0 Å². The molecular weight excluding hydrogens is 236 g/mol. The Morgan fingerprint density at radius 1 is 0.765 bits per heavy atom. The van der Waals surface area contributed by atoms with Gasteiger partial charge in [0.15, 0.2) is 0 Å². The molecule has 0 aliphatic heterocycles. The van der Waals surface area contributed by atoms with E-state index in [0.29, 0.717) is 0 Å². The lowest BCUT2D eigenvalue weighted by Gasteiger charge is -2.17. The standard InChI is InChI=1S/C12H14N2O2S/c15-13-7-3-1-5-9-11(7)12-8(14-16)4-2-6-10(12)17-9/h15-16H,1-6H2/b13-7+,14-8+. The molecule has 0 atom stereocenters. The summed E-state index contributed by atoms with van der Waals surface area (Å²) in [6.45, 7) is 0. The Bertz CT molecular complexity index is 472. The topological polar surface area (TPSA) is 65.2 Å². The largest absolute Gasteiger partial charge is 0.411 e. The summed E-state index contributed by atoms with van der Waals surface area (Å²) in [7, 11) is 0. The first-order valence-corrected chi connectivity index (χ1v) is 6.74. The number of thiophene rings is 1. The summed E-state index contributed by atoms with van der Waals surface area (Å²) in [6, 6.07) is 0. The minimum absolute atomic E-state index is 0.756. The molecule has 0 fully saturated rings. The molecule has 1 heterocycles. The van der Waals surface area contributed by atoms with Crippen molar-refractivity contribution >= 4 is 22.8 Å². The predicted molar refractivity (Wildman–Crippen MR) is 66.8 cm³/mol. The molecule has 0 saturated carbocycles. The second-order valence-electron chi connectivity index (χ2n) is 4.50. The Kier molecular flexibility index (Phi) is 2.63. The van der Waals surface area contributed by atoms with Gasteiger partial charge in [-0.05, 0) is 38.5 Å². The fourth-order valence-corrected chi connectivity index (χ4v) is 4.21. The number of nitrogens with zero attached hydrogens (tertiary/aromatic N) is 2. The Hall–Kier alpha value is -1.36. The van der Waals surface area contributed by atoms with E-state index in [2.05, 4.69) is 10.3 Å². The summed E-state index contributed by atoms with van der Waals surface area (Å²) in [5.41, 5.74) is 3.61. The van der Waals surface area contributed by atoms with Crippen molar-refractivity contribution in [2.75, 3.05) is 0 Å². The van der Waals surface area contributed by atoms with Gasteiger partial charge < -0.3 is 10.4 Å². The van der Waals surface area contributed by atoms with E-state index in [1.54, 1.807) is 11.3 Å². The van der Waals surface area contributed by atoms with Gasteiger partial charge in [-0.1, -0.05) is 10.3 Å². The summed E-state index contributed by atoms with van der Waals surface area (Å²) in [4.78, 5) is 2.58. The molecule has 1 aromatic rings. The fourth-order valence-electron chi connectivity index (χ4n) is 2.77. The molecule has 0 aromatic carbocycles. The molecule has 0 spiro atoms. The zero-order chi connectivity index (χ0) is 11.8. The van der Waals surface area contributed by atoms with E-state index in [0.717, 1.165) is 61.1 Å². The van der Waals surface area contributed by atoms with E-state index in [1.165, 1.54) is 9.75 Å². The van der Waals surface area contributed by atoms with Crippen molar-refractivity contribution in [1.82, 2.24) is 0 Å². The molecule has 0 amide bonds. The van der Waals surface area contributed by atoms with Gasteiger partial charge >= 0.3 is 0 Å². The summed E-state index contributed by atoms with van der Waals surface area (Å²) in [6.07, 6.45) is 5.79. The monoisotopic (exact) mass is 250 g/mol. The number of hydrogen-bond donors (Lipinski definition) is 2. The maximum Gasteiger partial charge on any atom is 0.0885 e. The lowest BCUT2D eigenvalue weighted by molar-refractivity contribution is 0.316. The normalized spacial score (nSPS) is 23.8. The average molecular weight is 250 g/mol. The SMILES string of the molecule is O/N=C1\CCCc2sc3c(c21)/C(=N/O)CCC3. The molecule has 17 heavy (non-hydrogen) atoms. The quantitative estimate of drug-likeness (QED) is 0.549. The van der Waals surface area contributed by atoms with Crippen LogP contribution >= 0.6 is 11.3 Å². The smallest absolute Gasteiger partial charge is 0.0885 e. The third kappa shape index (κ3) is 1.57. The molecule has 0 radical (unpaired) electrons. The minimum Gasteiger partial charge on any atom is -0.411 e. The van der Waals surface area contributed by atoms with Gasteiger partial charge in [0.1, 0.15) is 0 Å². The third-order valence-corrected chi connectivity index (χ3v) is 4.82. The highest BCUT2D eigenvalue weighted by Crippen LogP contribution is 2.38. The van der Waals surface area contributed by atoms with E-state index in [4.69, 9.17) is 10.4 Å². The van der Waals surface area contributed by atoms with Crippen molar-refractivity contribution < 1.29 is 10.4 Å². The van der Waals surface area contributed by atoms with Crippen molar-refractivity contribution in [3.05, 3.63) is 20.9 Å². The summed E-state index contributed by atoms with van der Waals surface area (Å²) in [5, 5.41) is 25.1. The van der Waals surface area contributed by atoms with Crippen LogP contribution in [-0.4, -0.2) is 21.8 Å². The third-order valence-electron chi connectivity index (χ3n) is 3.51. The van der Waals surface area contributed by atoms with Crippen LogP contribution in [-0.2, 0) is 12.8 Å². The van der Waals surface area contributed by atoms with Gasteiger partial charge in [-0.15, -0.1) is 11.3 Å². The van der Waals surface area contributed by atoms with E-state index in [9.17, 15) is 0 Å². The fraction of sp³-hybridized carbons (Fsp3) is 0.500. The minimum atomic E-state index is 0.756. The van der Waals surface area contributed by atoms with Crippen LogP contribution in [0.25, 0.3) is 0 Å². The van der Waals surface area contributed by atoms with Crippen molar-refractivity contribution in [2.45, 2.75) is 38.5 Å². The van der Waals surface area contributed by atoms with Crippen molar-refractivity contribution in [1.29, 1.82) is 0 Å². The van der Waals surface area contributed by atoms with Crippen LogP contribution in [0.2, 0.25) is 0 Å². The number of oxime groups is 2. The van der Waals surface area contributed by atoms with Crippen LogP contribution < -0.4 is 0 Å². The van der Waals surface area contributed by atoms with Gasteiger partial charge in [0.25, 0.3) is 0 Å². The molecule has 2 N–H and O–H groups in total. The number of fused-ring (bicyclic) bond motifs is 3. The maximum atomic E-state index is 9.11. The first-order chi connectivity index (χ1) is 8.35. The Morgan fingerprint density at radius 2 is 1.24 bits per heavy atom. The van der Waals surface area contributed by atoms with Gasteiger partial charge in [0.2, 0.25) is 0 Å². The first-order valence-electron chi connectivity index (χ1n) is 5.92. The zero-order valence-corrected chi connectivity index (χ0v) is 10.3. The Balaban J connectivity index is 2.24. The lowest BCUT2D eigenvalue weighted by atomic mass is 9.87.